The summed E-state index contributed by atoms with van der Waals surface area (Å²) < 4.78 is 12.8. The average Bonchev–Trinajstić information content (AvgIpc) is 3.57. The second-order valence-electron chi connectivity index (χ2n) is 9.52. The second-order valence-corrected chi connectivity index (χ2v) is 9.52. The number of rotatable bonds is 6. The van der Waals surface area contributed by atoms with E-state index in [1.807, 2.05) is 54.3 Å². The Morgan fingerprint density at radius 1 is 1.06 bits per heavy atom. The molecule has 36 heavy (non-hydrogen) atoms. The van der Waals surface area contributed by atoms with Gasteiger partial charge in [0.05, 0.1) is 36.9 Å². The Kier molecular flexibility index (Phi) is 5.59. The van der Waals surface area contributed by atoms with Crippen LogP contribution in [0.3, 0.4) is 0 Å². The fourth-order valence-corrected chi connectivity index (χ4v) is 5.29. The number of likely N-dealkylation sites (tertiary alicyclic amines) is 1. The zero-order chi connectivity index (χ0) is 24.8. The van der Waals surface area contributed by atoms with E-state index in [4.69, 9.17) is 19.6 Å². The summed E-state index contributed by atoms with van der Waals surface area (Å²) >= 11 is 0. The van der Waals surface area contributed by atoms with Crippen molar-refractivity contribution in [1.82, 2.24) is 24.6 Å². The molecule has 2 aliphatic rings. The summed E-state index contributed by atoms with van der Waals surface area (Å²) in [5.74, 6) is 2.56. The van der Waals surface area contributed by atoms with E-state index in [9.17, 15) is 4.79 Å². The van der Waals surface area contributed by atoms with Gasteiger partial charge in [0, 0.05) is 36.0 Å². The van der Waals surface area contributed by atoms with Crippen LogP contribution in [0.1, 0.15) is 65.0 Å². The van der Waals surface area contributed by atoms with E-state index < -0.39 is 0 Å². The van der Waals surface area contributed by atoms with Crippen molar-refractivity contribution in [1.29, 1.82) is 0 Å². The maximum Gasteiger partial charge on any atom is 0.255 e. The fourth-order valence-electron chi connectivity index (χ4n) is 5.29. The number of hydrogen-bond acceptors (Lipinski definition) is 6. The van der Waals surface area contributed by atoms with Gasteiger partial charge in [-0.2, -0.15) is 9.78 Å². The number of pyridine rings is 2. The summed E-state index contributed by atoms with van der Waals surface area (Å²) in [5, 5.41) is 5.56. The van der Waals surface area contributed by atoms with Crippen molar-refractivity contribution < 1.29 is 14.3 Å². The Bertz CT molecular complexity index is 1440. The summed E-state index contributed by atoms with van der Waals surface area (Å²) in [6.07, 6.45) is 5.74. The molecule has 0 radical (unpaired) electrons. The number of hydrogen-bond donors (Lipinski definition) is 0. The predicted molar refractivity (Wildman–Crippen MR) is 136 cm³/mol. The first-order valence-corrected chi connectivity index (χ1v) is 12.4. The first kappa shape index (κ1) is 22.5. The lowest BCUT2D eigenvalue weighted by atomic mass is 10.0. The summed E-state index contributed by atoms with van der Waals surface area (Å²) in [5.41, 5.74) is 4.09. The van der Waals surface area contributed by atoms with Gasteiger partial charge in [-0.3, -0.25) is 4.79 Å². The van der Waals surface area contributed by atoms with Gasteiger partial charge in [0.25, 0.3) is 5.91 Å². The lowest BCUT2D eigenvalue weighted by Crippen LogP contribution is -2.31. The molecule has 6 rings (SSSR count). The fraction of sp³-hybridized carbons (Fsp3) is 0.357. The maximum absolute atomic E-state index is 14.2. The molecule has 1 aliphatic carbocycles. The second kappa shape index (κ2) is 8.93. The third kappa shape index (κ3) is 3.77. The van der Waals surface area contributed by atoms with Crippen LogP contribution in [0, 0.1) is 6.92 Å². The van der Waals surface area contributed by atoms with Crippen LogP contribution in [0.5, 0.6) is 11.5 Å². The highest BCUT2D eigenvalue weighted by molar-refractivity contribution is 6.07. The summed E-state index contributed by atoms with van der Waals surface area (Å²) in [4.78, 5) is 25.7. The van der Waals surface area contributed by atoms with Gasteiger partial charge < -0.3 is 14.4 Å². The molecule has 0 N–H and O–H groups in total. The average molecular weight is 484 g/mol. The van der Waals surface area contributed by atoms with Crippen molar-refractivity contribution in [2.75, 3.05) is 20.8 Å². The predicted octanol–water partition coefficient (Wildman–Crippen LogP) is 5.00. The molecule has 8 heteroatoms. The van der Waals surface area contributed by atoms with Crippen LogP contribution >= 0.6 is 0 Å². The largest absolute Gasteiger partial charge is 0.497 e. The molecule has 4 heterocycles. The van der Waals surface area contributed by atoms with E-state index in [2.05, 4.69) is 4.98 Å². The van der Waals surface area contributed by atoms with Crippen molar-refractivity contribution in [2.45, 2.75) is 44.6 Å². The minimum absolute atomic E-state index is 0.00772. The molecule has 1 unspecified atom stereocenters. The van der Waals surface area contributed by atoms with Crippen molar-refractivity contribution in [2.24, 2.45) is 0 Å². The van der Waals surface area contributed by atoms with Gasteiger partial charge in [-0.05, 0) is 62.9 Å². The highest BCUT2D eigenvalue weighted by Gasteiger charge is 2.35. The minimum atomic E-state index is -0.0721. The van der Waals surface area contributed by atoms with Crippen LogP contribution in [0.2, 0.25) is 0 Å². The Morgan fingerprint density at radius 2 is 1.92 bits per heavy atom. The van der Waals surface area contributed by atoms with Gasteiger partial charge in [0.2, 0.25) is 0 Å². The first-order valence-electron chi connectivity index (χ1n) is 12.4. The molecular weight excluding hydrogens is 454 g/mol. The van der Waals surface area contributed by atoms with Crippen molar-refractivity contribution in [3.05, 3.63) is 71.2 Å². The minimum Gasteiger partial charge on any atom is -0.497 e. The van der Waals surface area contributed by atoms with Crippen LogP contribution in [0.4, 0.5) is 0 Å². The Labute approximate surface area is 209 Å². The van der Waals surface area contributed by atoms with Crippen LogP contribution in [-0.4, -0.2) is 51.3 Å². The standard InChI is InChI=1S/C28H29N5O3/c1-17-26-21(16-22(18-9-10-18)30-27(26)33(31-17)25-8-4-5-13-29-25)28(34)32-14-6-7-23(32)20-12-11-19(35-2)15-24(20)36-3/h4-5,8,11-13,15-16,18,23H,6-7,9-10,14H2,1-3H3. The zero-order valence-corrected chi connectivity index (χ0v) is 20.8. The van der Waals surface area contributed by atoms with Crippen molar-refractivity contribution >= 4 is 16.9 Å². The Balaban J connectivity index is 1.46. The van der Waals surface area contributed by atoms with Gasteiger partial charge in [-0.15, -0.1) is 0 Å². The molecule has 1 aliphatic heterocycles. The number of benzene rings is 1. The SMILES string of the molecule is COc1ccc(C2CCCN2C(=O)c2cc(C3CC3)nc3c2c(C)nn3-c2ccccn2)c(OC)c1. The molecule has 1 saturated carbocycles. The van der Waals surface area contributed by atoms with Crippen LogP contribution in [0.25, 0.3) is 16.9 Å². The van der Waals surface area contributed by atoms with Crippen LogP contribution in [0.15, 0.2) is 48.7 Å². The molecule has 0 bridgehead atoms. The molecule has 0 spiro atoms. The number of amides is 1. The number of aromatic nitrogens is 4. The quantitative estimate of drug-likeness (QED) is 0.384. The number of aryl methyl sites for hydroxylation is 1. The van der Waals surface area contributed by atoms with E-state index in [1.54, 1.807) is 25.1 Å². The topological polar surface area (TPSA) is 82.4 Å². The highest BCUT2D eigenvalue weighted by atomic mass is 16.5. The number of fused-ring (bicyclic) bond motifs is 1. The third-order valence-electron chi connectivity index (χ3n) is 7.24. The lowest BCUT2D eigenvalue weighted by molar-refractivity contribution is 0.0736. The molecule has 2 fully saturated rings. The van der Waals surface area contributed by atoms with Crippen LogP contribution < -0.4 is 9.47 Å². The van der Waals surface area contributed by atoms with Gasteiger partial charge in [-0.1, -0.05) is 6.07 Å². The van der Waals surface area contributed by atoms with E-state index in [0.29, 0.717) is 29.5 Å². The van der Waals surface area contributed by atoms with Crippen LogP contribution in [-0.2, 0) is 0 Å². The molecule has 184 valence electrons. The molecule has 8 nitrogen and oxygen atoms in total. The van der Waals surface area contributed by atoms with E-state index in [0.717, 1.165) is 59.5 Å². The summed E-state index contributed by atoms with van der Waals surface area (Å²) in [6.45, 7) is 2.62. The van der Waals surface area contributed by atoms with Gasteiger partial charge >= 0.3 is 0 Å². The highest BCUT2D eigenvalue weighted by Crippen LogP contribution is 2.43. The van der Waals surface area contributed by atoms with Gasteiger partial charge in [0.1, 0.15) is 11.5 Å². The lowest BCUT2D eigenvalue weighted by Gasteiger charge is -2.27. The van der Waals surface area contributed by atoms with Gasteiger partial charge in [0.15, 0.2) is 11.5 Å². The smallest absolute Gasteiger partial charge is 0.255 e. The maximum atomic E-state index is 14.2. The normalized spacial score (nSPS) is 17.5. The van der Waals surface area contributed by atoms with E-state index >= 15 is 0 Å². The number of methoxy groups -OCH3 is 2. The number of carbonyl (C=O) groups is 1. The summed E-state index contributed by atoms with van der Waals surface area (Å²) in [7, 11) is 3.29. The number of carbonyl (C=O) groups excluding carboxylic acids is 1. The molecule has 1 atom stereocenters. The monoisotopic (exact) mass is 483 g/mol. The third-order valence-corrected chi connectivity index (χ3v) is 7.24. The summed E-state index contributed by atoms with van der Waals surface area (Å²) in [6, 6.07) is 13.5. The molecular formula is C28H29N5O3. The zero-order valence-electron chi connectivity index (χ0n) is 20.8. The molecule has 1 saturated heterocycles. The van der Waals surface area contributed by atoms with E-state index in [1.165, 1.54) is 0 Å². The number of nitrogens with zero attached hydrogens (tertiary/aromatic N) is 5. The molecule has 3 aromatic heterocycles. The molecule has 1 amide bonds. The molecule has 1 aromatic carbocycles. The Morgan fingerprint density at radius 3 is 2.64 bits per heavy atom. The Hall–Kier alpha value is -3.94. The first-order chi connectivity index (χ1) is 17.6. The van der Waals surface area contributed by atoms with Crippen molar-refractivity contribution in [3.8, 4) is 17.3 Å². The molecule has 4 aromatic rings. The van der Waals surface area contributed by atoms with E-state index in [-0.39, 0.29) is 11.9 Å². The number of ether oxygens (including phenoxy) is 2. The van der Waals surface area contributed by atoms with Gasteiger partial charge in [-0.25, -0.2) is 9.97 Å². The van der Waals surface area contributed by atoms with Crippen molar-refractivity contribution in [3.63, 3.8) is 0 Å².